The highest BCUT2D eigenvalue weighted by molar-refractivity contribution is 6.04. The Morgan fingerprint density at radius 1 is 0.958 bits per heavy atom. The molecule has 0 atom stereocenters. The standard InChI is InChI=1S/C19H21NO4/c1-2-3-4-13-24-17-11-7-14(8-12-17)18(21)20-16-9-5-15(6-10-16)19(22)23/h5-12H,2-4,13H2,1H3,(H,20,21)(H,22,23). The molecule has 2 N–H and O–H groups in total. The molecule has 0 bridgehead atoms. The molecule has 0 radical (unpaired) electrons. The van der Waals surface area contributed by atoms with Crippen LogP contribution in [0.2, 0.25) is 0 Å². The van der Waals surface area contributed by atoms with Gasteiger partial charge in [0.15, 0.2) is 0 Å². The Hall–Kier alpha value is -2.82. The normalized spacial score (nSPS) is 10.2. The lowest BCUT2D eigenvalue weighted by atomic mass is 10.1. The molecule has 0 spiro atoms. The van der Waals surface area contributed by atoms with Gasteiger partial charge in [0.1, 0.15) is 5.75 Å². The molecule has 2 aromatic rings. The summed E-state index contributed by atoms with van der Waals surface area (Å²) in [5.41, 5.74) is 1.24. The Labute approximate surface area is 141 Å². The maximum Gasteiger partial charge on any atom is 0.335 e. The SMILES string of the molecule is CCCCCOc1ccc(C(=O)Nc2ccc(C(=O)O)cc2)cc1. The first-order chi connectivity index (χ1) is 11.6. The molecule has 0 fully saturated rings. The molecule has 5 nitrogen and oxygen atoms in total. The maximum absolute atomic E-state index is 12.2. The predicted octanol–water partition coefficient (Wildman–Crippen LogP) is 4.21. The van der Waals surface area contributed by atoms with Crippen molar-refractivity contribution >= 4 is 17.6 Å². The Balaban J connectivity index is 1.91. The maximum atomic E-state index is 12.2. The number of carboxylic acids is 1. The van der Waals surface area contributed by atoms with Gasteiger partial charge in [-0.05, 0) is 55.0 Å². The lowest BCUT2D eigenvalue weighted by Gasteiger charge is -2.08. The molecule has 2 rings (SSSR count). The first-order valence-electron chi connectivity index (χ1n) is 7.97. The van der Waals surface area contributed by atoms with Crippen LogP contribution in [0.25, 0.3) is 0 Å². The fourth-order valence-corrected chi connectivity index (χ4v) is 2.14. The quantitative estimate of drug-likeness (QED) is 0.712. The summed E-state index contributed by atoms with van der Waals surface area (Å²) < 4.78 is 5.61. The number of hydrogen-bond donors (Lipinski definition) is 2. The van der Waals surface area contributed by atoms with Gasteiger partial charge in [-0.25, -0.2) is 4.79 Å². The molecular weight excluding hydrogens is 306 g/mol. The number of carboxylic acid groups (broad SMARTS) is 1. The zero-order valence-electron chi connectivity index (χ0n) is 13.6. The molecule has 0 unspecified atom stereocenters. The topological polar surface area (TPSA) is 75.6 Å². The molecule has 5 heteroatoms. The van der Waals surface area contributed by atoms with E-state index in [9.17, 15) is 9.59 Å². The molecule has 0 saturated carbocycles. The van der Waals surface area contributed by atoms with Gasteiger partial charge in [-0.15, -0.1) is 0 Å². The third-order valence-corrected chi connectivity index (χ3v) is 3.52. The Morgan fingerprint density at radius 3 is 2.17 bits per heavy atom. The fraction of sp³-hybridized carbons (Fsp3) is 0.263. The van der Waals surface area contributed by atoms with Gasteiger partial charge < -0.3 is 15.2 Å². The largest absolute Gasteiger partial charge is 0.494 e. The Kier molecular flexibility index (Phi) is 6.37. The van der Waals surface area contributed by atoms with Gasteiger partial charge in [-0.1, -0.05) is 19.8 Å². The van der Waals surface area contributed by atoms with Crippen molar-refractivity contribution in [2.75, 3.05) is 11.9 Å². The van der Waals surface area contributed by atoms with E-state index in [0.29, 0.717) is 17.9 Å². The van der Waals surface area contributed by atoms with E-state index < -0.39 is 5.97 Å². The summed E-state index contributed by atoms with van der Waals surface area (Å²) in [5, 5.41) is 11.6. The van der Waals surface area contributed by atoms with Crippen molar-refractivity contribution < 1.29 is 19.4 Å². The minimum atomic E-state index is -0.998. The summed E-state index contributed by atoms with van der Waals surface area (Å²) in [5.74, 6) is -0.508. The molecule has 24 heavy (non-hydrogen) atoms. The minimum absolute atomic E-state index is 0.178. The number of rotatable bonds is 8. The van der Waals surface area contributed by atoms with Crippen LogP contribution in [0.15, 0.2) is 48.5 Å². The van der Waals surface area contributed by atoms with Crippen molar-refractivity contribution in [3.8, 4) is 5.75 Å². The van der Waals surface area contributed by atoms with Gasteiger partial charge in [0.25, 0.3) is 5.91 Å². The summed E-state index contributed by atoms with van der Waals surface area (Å²) in [7, 11) is 0. The number of amides is 1. The molecule has 1 amide bonds. The van der Waals surface area contributed by atoms with E-state index in [0.717, 1.165) is 25.0 Å². The van der Waals surface area contributed by atoms with E-state index >= 15 is 0 Å². The summed E-state index contributed by atoms with van der Waals surface area (Å²) in [4.78, 5) is 23.0. The molecule has 0 aliphatic carbocycles. The molecular formula is C19H21NO4. The van der Waals surface area contributed by atoms with Crippen LogP contribution in [0.1, 0.15) is 46.9 Å². The second-order valence-electron chi connectivity index (χ2n) is 5.42. The summed E-state index contributed by atoms with van der Waals surface area (Å²) in [6.07, 6.45) is 3.31. The van der Waals surface area contributed by atoms with E-state index in [1.165, 1.54) is 12.1 Å². The van der Waals surface area contributed by atoms with Crippen LogP contribution in [0, 0.1) is 0 Å². The third-order valence-electron chi connectivity index (χ3n) is 3.52. The van der Waals surface area contributed by atoms with Crippen molar-refractivity contribution in [1.82, 2.24) is 0 Å². The summed E-state index contributed by atoms with van der Waals surface area (Å²) in [6, 6.07) is 13.0. The van der Waals surface area contributed by atoms with E-state index in [1.54, 1.807) is 36.4 Å². The second-order valence-corrected chi connectivity index (χ2v) is 5.42. The van der Waals surface area contributed by atoms with Crippen LogP contribution >= 0.6 is 0 Å². The zero-order valence-corrected chi connectivity index (χ0v) is 13.6. The second kappa shape index (κ2) is 8.72. The molecule has 2 aromatic carbocycles. The van der Waals surface area contributed by atoms with Crippen molar-refractivity contribution in [2.24, 2.45) is 0 Å². The average molecular weight is 327 g/mol. The molecule has 126 valence electrons. The number of hydrogen-bond acceptors (Lipinski definition) is 3. The van der Waals surface area contributed by atoms with Crippen LogP contribution in [-0.2, 0) is 0 Å². The van der Waals surface area contributed by atoms with E-state index in [2.05, 4.69) is 12.2 Å². The molecule has 0 saturated heterocycles. The smallest absolute Gasteiger partial charge is 0.335 e. The lowest BCUT2D eigenvalue weighted by Crippen LogP contribution is -2.12. The minimum Gasteiger partial charge on any atom is -0.494 e. The number of unbranched alkanes of at least 4 members (excludes halogenated alkanes) is 2. The van der Waals surface area contributed by atoms with Crippen molar-refractivity contribution in [1.29, 1.82) is 0 Å². The Bertz CT molecular complexity index is 678. The van der Waals surface area contributed by atoms with E-state index in [-0.39, 0.29) is 11.5 Å². The summed E-state index contributed by atoms with van der Waals surface area (Å²) in [6.45, 7) is 2.82. The highest BCUT2D eigenvalue weighted by Gasteiger charge is 2.07. The van der Waals surface area contributed by atoms with Crippen molar-refractivity contribution in [3.63, 3.8) is 0 Å². The number of carbonyl (C=O) groups is 2. The van der Waals surface area contributed by atoms with Gasteiger partial charge in [-0.3, -0.25) is 4.79 Å². The van der Waals surface area contributed by atoms with Gasteiger partial charge >= 0.3 is 5.97 Å². The van der Waals surface area contributed by atoms with Crippen molar-refractivity contribution in [2.45, 2.75) is 26.2 Å². The highest BCUT2D eigenvalue weighted by atomic mass is 16.5. The highest BCUT2D eigenvalue weighted by Crippen LogP contribution is 2.15. The lowest BCUT2D eigenvalue weighted by molar-refractivity contribution is 0.0696. The van der Waals surface area contributed by atoms with Crippen LogP contribution < -0.4 is 10.1 Å². The fourth-order valence-electron chi connectivity index (χ4n) is 2.14. The third kappa shape index (κ3) is 5.12. The van der Waals surface area contributed by atoms with Gasteiger partial charge in [0, 0.05) is 11.3 Å². The van der Waals surface area contributed by atoms with Gasteiger partial charge in [0.2, 0.25) is 0 Å². The molecule has 0 heterocycles. The average Bonchev–Trinajstić information content (AvgIpc) is 2.59. The number of aromatic carboxylic acids is 1. The number of benzene rings is 2. The van der Waals surface area contributed by atoms with Gasteiger partial charge in [-0.2, -0.15) is 0 Å². The Morgan fingerprint density at radius 2 is 1.58 bits per heavy atom. The number of nitrogens with one attached hydrogen (secondary N) is 1. The number of ether oxygens (including phenoxy) is 1. The number of anilines is 1. The van der Waals surface area contributed by atoms with Crippen LogP contribution in [0.4, 0.5) is 5.69 Å². The predicted molar refractivity (Wildman–Crippen MR) is 92.8 cm³/mol. The monoisotopic (exact) mass is 327 g/mol. The van der Waals surface area contributed by atoms with Gasteiger partial charge in [0.05, 0.1) is 12.2 Å². The van der Waals surface area contributed by atoms with Crippen molar-refractivity contribution in [3.05, 3.63) is 59.7 Å². The number of carbonyl (C=O) groups excluding carboxylic acids is 1. The molecule has 0 aromatic heterocycles. The van der Waals surface area contributed by atoms with Crippen LogP contribution in [0.3, 0.4) is 0 Å². The zero-order chi connectivity index (χ0) is 17.4. The first-order valence-corrected chi connectivity index (χ1v) is 7.97. The summed E-state index contributed by atoms with van der Waals surface area (Å²) >= 11 is 0. The first kappa shape index (κ1) is 17.5. The molecule has 0 aliphatic heterocycles. The van der Waals surface area contributed by atoms with Crippen LogP contribution in [0.5, 0.6) is 5.75 Å². The van der Waals surface area contributed by atoms with E-state index in [4.69, 9.17) is 9.84 Å². The van der Waals surface area contributed by atoms with E-state index in [1.807, 2.05) is 0 Å². The van der Waals surface area contributed by atoms with Crippen LogP contribution in [-0.4, -0.2) is 23.6 Å². The molecule has 0 aliphatic rings.